The summed E-state index contributed by atoms with van der Waals surface area (Å²) in [5.74, 6) is -0.554. The van der Waals surface area contributed by atoms with Crippen LogP contribution in [-0.4, -0.2) is 38.0 Å². The fourth-order valence-electron chi connectivity index (χ4n) is 3.26. The maximum atomic E-state index is 12.9. The molecule has 5 nitrogen and oxygen atoms in total. The van der Waals surface area contributed by atoms with Gasteiger partial charge in [-0.05, 0) is 61.6 Å². The maximum Gasteiger partial charge on any atom is 0.416 e. The van der Waals surface area contributed by atoms with Crippen molar-refractivity contribution in [3.05, 3.63) is 54.1 Å². The number of alkyl halides is 3. The molecular formula is C20H21F3N2O3S2. The lowest BCUT2D eigenvalue weighted by Gasteiger charge is -2.30. The number of sulfonamides is 1. The van der Waals surface area contributed by atoms with Gasteiger partial charge < -0.3 is 5.32 Å². The second-order valence-corrected chi connectivity index (χ2v) is 9.74. The molecule has 1 saturated heterocycles. The summed E-state index contributed by atoms with van der Waals surface area (Å²) in [6.07, 6.45) is -2.07. The van der Waals surface area contributed by atoms with E-state index < -0.39 is 26.7 Å². The highest BCUT2D eigenvalue weighted by Gasteiger charge is 2.35. The summed E-state index contributed by atoms with van der Waals surface area (Å²) in [6, 6.07) is 11.1. The van der Waals surface area contributed by atoms with Crippen LogP contribution in [0.2, 0.25) is 0 Å². The minimum atomic E-state index is -4.62. The number of nitrogens with one attached hydrogen (secondary N) is 1. The fraction of sp³-hybridized carbons (Fsp3) is 0.350. The summed E-state index contributed by atoms with van der Waals surface area (Å²) in [4.78, 5) is 13.2. The molecule has 0 aromatic heterocycles. The number of nitrogens with zero attached hydrogens (tertiary/aromatic N) is 1. The Morgan fingerprint density at radius 1 is 1.10 bits per heavy atom. The van der Waals surface area contributed by atoms with Gasteiger partial charge in [-0.2, -0.15) is 17.5 Å². The van der Waals surface area contributed by atoms with Gasteiger partial charge in [0.25, 0.3) is 0 Å². The number of thioether (sulfide) groups is 1. The molecule has 3 rings (SSSR count). The number of hydrogen-bond donors (Lipinski definition) is 1. The molecule has 0 atom stereocenters. The molecule has 10 heteroatoms. The van der Waals surface area contributed by atoms with Crippen molar-refractivity contribution in [3.63, 3.8) is 0 Å². The maximum absolute atomic E-state index is 12.9. The van der Waals surface area contributed by atoms with Crippen molar-refractivity contribution in [2.45, 2.75) is 28.8 Å². The first-order chi connectivity index (χ1) is 14.1. The van der Waals surface area contributed by atoms with Gasteiger partial charge in [-0.3, -0.25) is 4.79 Å². The Kier molecular flexibility index (Phi) is 6.78. The van der Waals surface area contributed by atoms with Crippen LogP contribution in [0.3, 0.4) is 0 Å². The molecular weight excluding hydrogens is 437 g/mol. The number of benzene rings is 2. The van der Waals surface area contributed by atoms with Crippen LogP contribution in [0.15, 0.2) is 58.3 Å². The predicted octanol–water partition coefficient (Wildman–Crippen LogP) is 4.47. The Bertz CT molecular complexity index is 1000. The molecule has 2 aromatic rings. The zero-order valence-corrected chi connectivity index (χ0v) is 17.8. The number of rotatable bonds is 5. The van der Waals surface area contributed by atoms with Gasteiger partial charge in [0.15, 0.2) is 0 Å². The molecule has 0 unspecified atom stereocenters. The van der Waals surface area contributed by atoms with E-state index in [0.717, 1.165) is 27.4 Å². The number of halogens is 3. The van der Waals surface area contributed by atoms with Crippen molar-refractivity contribution in [3.8, 4) is 0 Å². The molecule has 0 spiro atoms. The monoisotopic (exact) mass is 458 g/mol. The SMILES string of the molecule is CSc1ccc(NC(=O)C2CCN(S(=O)(=O)c3cccc(C(F)(F)F)c3)CC2)cc1. The summed E-state index contributed by atoms with van der Waals surface area (Å²) in [7, 11) is -4.06. The van der Waals surface area contributed by atoms with E-state index in [4.69, 9.17) is 0 Å². The van der Waals surface area contributed by atoms with E-state index in [1.165, 1.54) is 0 Å². The number of piperidine rings is 1. The fourth-order valence-corrected chi connectivity index (χ4v) is 5.18. The van der Waals surface area contributed by atoms with Crippen molar-refractivity contribution in [1.82, 2.24) is 4.31 Å². The minimum Gasteiger partial charge on any atom is -0.326 e. The zero-order chi connectivity index (χ0) is 21.9. The Morgan fingerprint density at radius 3 is 2.30 bits per heavy atom. The molecule has 1 aliphatic rings. The average Bonchev–Trinajstić information content (AvgIpc) is 2.74. The molecule has 2 aromatic carbocycles. The average molecular weight is 459 g/mol. The molecule has 1 N–H and O–H groups in total. The third-order valence-corrected chi connectivity index (χ3v) is 7.62. The normalized spacial score (nSPS) is 16.4. The number of hydrogen-bond acceptors (Lipinski definition) is 4. The molecule has 0 bridgehead atoms. The first-order valence-corrected chi connectivity index (χ1v) is 11.9. The quantitative estimate of drug-likeness (QED) is 0.672. The van der Waals surface area contributed by atoms with Crippen LogP contribution in [0, 0.1) is 5.92 Å². The third-order valence-electron chi connectivity index (χ3n) is 4.98. The third kappa shape index (κ3) is 5.16. The summed E-state index contributed by atoms with van der Waals surface area (Å²) < 4.78 is 65.4. The largest absolute Gasteiger partial charge is 0.416 e. The highest BCUT2D eigenvalue weighted by Crippen LogP contribution is 2.32. The van der Waals surface area contributed by atoms with Gasteiger partial charge in [0, 0.05) is 29.6 Å². The summed E-state index contributed by atoms with van der Waals surface area (Å²) in [5, 5.41) is 2.83. The van der Waals surface area contributed by atoms with Gasteiger partial charge in [0.05, 0.1) is 10.5 Å². The van der Waals surface area contributed by atoms with Crippen molar-refractivity contribution < 1.29 is 26.4 Å². The van der Waals surface area contributed by atoms with Gasteiger partial charge in [0.2, 0.25) is 15.9 Å². The van der Waals surface area contributed by atoms with E-state index in [0.29, 0.717) is 24.6 Å². The standard InChI is InChI=1S/C20H21F3N2O3S2/c1-29-17-7-5-16(6-8-17)24-19(26)14-9-11-25(12-10-14)30(27,28)18-4-2-3-15(13-18)20(21,22)23/h2-8,13-14H,9-12H2,1H3,(H,24,26). The molecule has 0 aliphatic carbocycles. The van der Waals surface area contributed by atoms with Gasteiger partial charge in [0.1, 0.15) is 0 Å². The van der Waals surface area contributed by atoms with E-state index in [-0.39, 0.29) is 24.9 Å². The van der Waals surface area contributed by atoms with E-state index >= 15 is 0 Å². The van der Waals surface area contributed by atoms with Gasteiger partial charge in [-0.15, -0.1) is 11.8 Å². The lowest BCUT2D eigenvalue weighted by Crippen LogP contribution is -2.41. The Hall–Kier alpha value is -2.04. The molecule has 1 heterocycles. The van der Waals surface area contributed by atoms with E-state index in [1.807, 2.05) is 18.4 Å². The van der Waals surface area contributed by atoms with Crippen LogP contribution in [0.25, 0.3) is 0 Å². The van der Waals surface area contributed by atoms with Crippen molar-refractivity contribution >= 4 is 33.4 Å². The number of carbonyl (C=O) groups excluding carboxylic acids is 1. The molecule has 30 heavy (non-hydrogen) atoms. The highest BCUT2D eigenvalue weighted by atomic mass is 32.2. The smallest absolute Gasteiger partial charge is 0.326 e. The Labute approximate surface area is 177 Å². The predicted molar refractivity (Wildman–Crippen MR) is 110 cm³/mol. The lowest BCUT2D eigenvalue weighted by atomic mass is 9.97. The van der Waals surface area contributed by atoms with Crippen LogP contribution < -0.4 is 5.32 Å². The van der Waals surface area contributed by atoms with Crippen LogP contribution >= 0.6 is 11.8 Å². The van der Waals surface area contributed by atoms with Gasteiger partial charge in [-0.25, -0.2) is 8.42 Å². The van der Waals surface area contributed by atoms with Crippen LogP contribution in [0.4, 0.5) is 18.9 Å². The first-order valence-electron chi connectivity index (χ1n) is 9.23. The van der Waals surface area contributed by atoms with Crippen molar-refractivity contribution in [1.29, 1.82) is 0 Å². The van der Waals surface area contributed by atoms with Crippen LogP contribution in [-0.2, 0) is 21.0 Å². The second kappa shape index (κ2) is 8.99. The molecule has 1 aliphatic heterocycles. The Balaban J connectivity index is 1.63. The van der Waals surface area contributed by atoms with E-state index in [9.17, 15) is 26.4 Å². The minimum absolute atomic E-state index is 0.0715. The molecule has 162 valence electrons. The zero-order valence-electron chi connectivity index (χ0n) is 16.1. The summed E-state index contributed by atoms with van der Waals surface area (Å²) in [6.45, 7) is 0.143. The number of anilines is 1. The van der Waals surface area contributed by atoms with Crippen LogP contribution in [0.1, 0.15) is 18.4 Å². The van der Waals surface area contributed by atoms with Crippen molar-refractivity contribution in [2.24, 2.45) is 5.92 Å². The highest BCUT2D eigenvalue weighted by molar-refractivity contribution is 7.98. The lowest BCUT2D eigenvalue weighted by molar-refractivity contribution is -0.137. The summed E-state index contributed by atoms with van der Waals surface area (Å²) >= 11 is 1.59. The summed E-state index contributed by atoms with van der Waals surface area (Å²) in [5.41, 5.74) is -0.345. The molecule has 1 fully saturated rings. The number of amides is 1. The van der Waals surface area contributed by atoms with Gasteiger partial charge in [-0.1, -0.05) is 6.07 Å². The van der Waals surface area contributed by atoms with Crippen molar-refractivity contribution in [2.75, 3.05) is 24.7 Å². The second-order valence-electron chi connectivity index (χ2n) is 6.92. The molecule has 0 saturated carbocycles. The van der Waals surface area contributed by atoms with Gasteiger partial charge >= 0.3 is 6.18 Å². The molecule has 0 radical (unpaired) electrons. The number of carbonyl (C=O) groups is 1. The molecule has 1 amide bonds. The van der Waals surface area contributed by atoms with Crippen LogP contribution in [0.5, 0.6) is 0 Å². The first kappa shape index (κ1) is 22.6. The Morgan fingerprint density at radius 2 is 1.73 bits per heavy atom. The topological polar surface area (TPSA) is 66.5 Å². The van der Waals surface area contributed by atoms with E-state index in [1.54, 1.807) is 23.9 Å². The van der Waals surface area contributed by atoms with E-state index in [2.05, 4.69) is 5.32 Å².